The highest BCUT2D eigenvalue weighted by Gasteiger charge is 2.16. The number of anilines is 1. The van der Waals surface area contributed by atoms with E-state index in [9.17, 15) is 9.59 Å². The molecule has 1 aromatic rings. The van der Waals surface area contributed by atoms with Crippen molar-refractivity contribution in [3.8, 4) is 0 Å². The van der Waals surface area contributed by atoms with Gasteiger partial charge in [-0.1, -0.05) is 11.6 Å². The van der Waals surface area contributed by atoms with Crippen molar-refractivity contribution >= 4 is 40.9 Å². The lowest BCUT2D eigenvalue weighted by Gasteiger charge is -2.22. The summed E-state index contributed by atoms with van der Waals surface area (Å²) in [5, 5.41) is 9.23. The summed E-state index contributed by atoms with van der Waals surface area (Å²) in [4.78, 5) is 23.5. The Morgan fingerprint density at radius 3 is 2.71 bits per heavy atom. The molecule has 1 aromatic carbocycles. The first-order valence-electron chi connectivity index (χ1n) is 6.77. The van der Waals surface area contributed by atoms with Gasteiger partial charge in [-0.15, -0.1) is 0 Å². The summed E-state index contributed by atoms with van der Waals surface area (Å²) >= 11 is 7.61. The molecule has 0 aliphatic carbocycles. The van der Waals surface area contributed by atoms with Crippen LogP contribution < -0.4 is 16.0 Å². The third-order valence-electron chi connectivity index (χ3n) is 3.00. The van der Waals surface area contributed by atoms with Crippen LogP contribution >= 0.6 is 23.4 Å². The van der Waals surface area contributed by atoms with Gasteiger partial charge >= 0.3 is 0 Å². The Labute approximate surface area is 133 Å². The predicted octanol–water partition coefficient (Wildman–Crippen LogP) is 1.49. The summed E-state index contributed by atoms with van der Waals surface area (Å²) in [6.07, 6.45) is 0.404. The SMILES string of the molecule is O=C(CC1CSCCN1)NCC(=O)Nc1ccc(Cl)cc1. The van der Waals surface area contributed by atoms with E-state index >= 15 is 0 Å². The van der Waals surface area contributed by atoms with Gasteiger partial charge in [0.25, 0.3) is 0 Å². The average Bonchev–Trinajstić information content (AvgIpc) is 2.49. The van der Waals surface area contributed by atoms with E-state index in [0.717, 1.165) is 18.1 Å². The van der Waals surface area contributed by atoms with E-state index in [1.165, 1.54) is 0 Å². The molecule has 5 nitrogen and oxygen atoms in total. The molecule has 1 aliphatic rings. The molecule has 2 rings (SSSR count). The van der Waals surface area contributed by atoms with Crippen LogP contribution in [0.25, 0.3) is 0 Å². The van der Waals surface area contributed by atoms with Crippen LogP contribution in [0.3, 0.4) is 0 Å². The molecule has 1 aliphatic heterocycles. The molecule has 1 fully saturated rings. The number of benzene rings is 1. The van der Waals surface area contributed by atoms with Crippen LogP contribution in [0, 0.1) is 0 Å². The Kier molecular flexibility index (Phi) is 6.35. The smallest absolute Gasteiger partial charge is 0.243 e. The lowest BCUT2D eigenvalue weighted by molar-refractivity contribution is -0.124. The number of carbonyl (C=O) groups is 2. The van der Waals surface area contributed by atoms with Crippen LogP contribution in [-0.2, 0) is 9.59 Å². The molecule has 7 heteroatoms. The van der Waals surface area contributed by atoms with Crippen LogP contribution in [-0.4, -0.2) is 42.5 Å². The van der Waals surface area contributed by atoms with E-state index in [0.29, 0.717) is 17.1 Å². The normalized spacial score (nSPS) is 18.0. The molecule has 0 spiro atoms. The molecule has 1 saturated heterocycles. The largest absolute Gasteiger partial charge is 0.347 e. The minimum atomic E-state index is -0.253. The molecular weight excluding hydrogens is 310 g/mol. The summed E-state index contributed by atoms with van der Waals surface area (Å²) in [5.41, 5.74) is 0.656. The second-order valence-corrected chi connectivity index (χ2v) is 6.35. The first-order valence-corrected chi connectivity index (χ1v) is 8.30. The molecule has 1 unspecified atom stereocenters. The summed E-state index contributed by atoms with van der Waals surface area (Å²) < 4.78 is 0. The van der Waals surface area contributed by atoms with Gasteiger partial charge in [-0.25, -0.2) is 0 Å². The maximum absolute atomic E-state index is 11.8. The van der Waals surface area contributed by atoms with Crippen molar-refractivity contribution in [1.82, 2.24) is 10.6 Å². The highest BCUT2D eigenvalue weighted by Crippen LogP contribution is 2.13. The second-order valence-electron chi connectivity index (χ2n) is 4.76. The Bertz CT molecular complexity index is 489. The fraction of sp³-hybridized carbons (Fsp3) is 0.429. The molecule has 0 aromatic heterocycles. The molecule has 1 heterocycles. The number of hydrogen-bond acceptors (Lipinski definition) is 4. The second kappa shape index (κ2) is 8.26. The zero-order valence-electron chi connectivity index (χ0n) is 11.5. The van der Waals surface area contributed by atoms with Crippen LogP contribution in [0.15, 0.2) is 24.3 Å². The standard InChI is InChI=1S/C14H18ClN3O2S/c15-10-1-3-11(4-2-10)18-14(20)8-17-13(19)7-12-9-21-6-5-16-12/h1-4,12,16H,5-9H2,(H,17,19)(H,18,20). The zero-order chi connectivity index (χ0) is 15.1. The van der Waals surface area contributed by atoms with Gasteiger partial charge in [-0.3, -0.25) is 9.59 Å². The number of hydrogen-bond donors (Lipinski definition) is 3. The maximum Gasteiger partial charge on any atom is 0.243 e. The number of carbonyl (C=O) groups excluding carboxylic acids is 2. The Morgan fingerprint density at radius 1 is 1.29 bits per heavy atom. The highest BCUT2D eigenvalue weighted by atomic mass is 35.5. The van der Waals surface area contributed by atoms with E-state index in [1.807, 2.05) is 11.8 Å². The number of thioether (sulfide) groups is 1. The van der Waals surface area contributed by atoms with Crippen LogP contribution in [0.4, 0.5) is 5.69 Å². The topological polar surface area (TPSA) is 70.2 Å². The summed E-state index contributed by atoms with van der Waals surface area (Å²) in [6.45, 7) is 0.904. The van der Waals surface area contributed by atoms with Gasteiger partial charge in [-0.05, 0) is 24.3 Å². The summed E-state index contributed by atoms with van der Waals surface area (Å²) in [5.74, 6) is 1.66. The van der Waals surface area contributed by atoms with Crippen LogP contribution in [0.5, 0.6) is 0 Å². The first-order chi connectivity index (χ1) is 10.1. The minimum absolute atomic E-state index is 0.0265. The minimum Gasteiger partial charge on any atom is -0.347 e. The fourth-order valence-corrected chi connectivity index (χ4v) is 3.04. The number of nitrogens with one attached hydrogen (secondary N) is 3. The first kappa shape index (κ1) is 16.1. The molecule has 21 heavy (non-hydrogen) atoms. The van der Waals surface area contributed by atoms with Gasteiger partial charge in [0.15, 0.2) is 0 Å². The average molecular weight is 328 g/mol. The van der Waals surface area contributed by atoms with Gasteiger partial charge in [0, 0.05) is 41.2 Å². The van der Waals surface area contributed by atoms with E-state index in [4.69, 9.17) is 11.6 Å². The predicted molar refractivity (Wildman–Crippen MR) is 86.8 cm³/mol. The molecule has 0 saturated carbocycles. The molecule has 3 N–H and O–H groups in total. The summed E-state index contributed by atoms with van der Waals surface area (Å²) in [7, 11) is 0. The Morgan fingerprint density at radius 2 is 2.05 bits per heavy atom. The Hall–Kier alpha value is -1.24. The molecule has 0 radical (unpaired) electrons. The van der Waals surface area contributed by atoms with Gasteiger partial charge in [0.05, 0.1) is 6.54 Å². The molecule has 2 amide bonds. The third kappa shape index (κ3) is 5.95. The number of amides is 2. The van der Waals surface area contributed by atoms with Gasteiger partial charge in [-0.2, -0.15) is 11.8 Å². The maximum atomic E-state index is 11.8. The van der Waals surface area contributed by atoms with Gasteiger partial charge in [0.2, 0.25) is 11.8 Å². The zero-order valence-corrected chi connectivity index (χ0v) is 13.1. The Balaban J connectivity index is 1.68. The van der Waals surface area contributed by atoms with Crippen molar-refractivity contribution in [2.45, 2.75) is 12.5 Å². The monoisotopic (exact) mass is 327 g/mol. The molecular formula is C14H18ClN3O2S. The molecule has 1 atom stereocenters. The van der Waals surface area contributed by atoms with E-state index < -0.39 is 0 Å². The van der Waals surface area contributed by atoms with Crippen LogP contribution in [0.1, 0.15) is 6.42 Å². The van der Waals surface area contributed by atoms with E-state index in [1.54, 1.807) is 24.3 Å². The van der Waals surface area contributed by atoms with E-state index in [2.05, 4.69) is 16.0 Å². The van der Waals surface area contributed by atoms with Crippen molar-refractivity contribution < 1.29 is 9.59 Å². The van der Waals surface area contributed by atoms with Crippen LogP contribution in [0.2, 0.25) is 5.02 Å². The van der Waals surface area contributed by atoms with Crippen molar-refractivity contribution in [2.75, 3.05) is 29.9 Å². The van der Waals surface area contributed by atoms with Crippen molar-refractivity contribution in [1.29, 1.82) is 0 Å². The van der Waals surface area contributed by atoms with Crippen molar-refractivity contribution in [2.24, 2.45) is 0 Å². The van der Waals surface area contributed by atoms with E-state index in [-0.39, 0.29) is 24.4 Å². The molecule has 114 valence electrons. The van der Waals surface area contributed by atoms with Crippen molar-refractivity contribution in [3.05, 3.63) is 29.3 Å². The molecule has 0 bridgehead atoms. The quantitative estimate of drug-likeness (QED) is 0.766. The lowest BCUT2D eigenvalue weighted by Crippen LogP contribution is -2.42. The number of rotatable bonds is 5. The van der Waals surface area contributed by atoms with Crippen molar-refractivity contribution in [3.63, 3.8) is 0 Å². The van der Waals surface area contributed by atoms with Gasteiger partial charge in [0.1, 0.15) is 0 Å². The van der Waals surface area contributed by atoms with Gasteiger partial charge < -0.3 is 16.0 Å². The highest BCUT2D eigenvalue weighted by molar-refractivity contribution is 7.99. The lowest BCUT2D eigenvalue weighted by atomic mass is 10.2. The number of halogens is 1. The fourth-order valence-electron chi connectivity index (χ4n) is 1.96. The third-order valence-corrected chi connectivity index (χ3v) is 4.39. The summed E-state index contributed by atoms with van der Waals surface area (Å²) in [6, 6.07) is 7.02.